The van der Waals surface area contributed by atoms with Crippen molar-refractivity contribution in [2.24, 2.45) is 0 Å². The lowest BCUT2D eigenvalue weighted by molar-refractivity contribution is 0.0934. The number of nitrogens with zero attached hydrogens (tertiary/aromatic N) is 1. The lowest BCUT2D eigenvalue weighted by atomic mass is 10.1. The van der Waals surface area contributed by atoms with Crippen molar-refractivity contribution in [3.8, 4) is 0 Å². The molecule has 22 heavy (non-hydrogen) atoms. The van der Waals surface area contributed by atoms with Gasteiger partial charge in [-0.25, -0.2) is 0 Å². The summed E-state index contributed by atoms with van der Waals surface area (Å²) in [7, 11) is 0. The Morgan fingerprint density at radius 2 is 1.95 bits per heavy atom. The van der Waals surface area contributed by atoms with Crippen molar-refractivity contribution in [2.75, 3.05) is 19.6 Å². The smallest absolute Gasteiger partial charge is 0.251 e. The number of carbonyl (C=O) groups excluding carboxylic acids is 1. The van der Waals surface area contributed by atoms with E-state index >= 15 is 0 Å². The van der Waals surface area contributed by atoms with Crippen LogP contribution < -0.4 is 5.32 Å². The molecular formula is C18H22N2O2. The largest absolute Gasteiger partial charge is 0.468 e. The molecule has 1 aliphatic rings. The molecule has 1 fully saturated rings. The Kier molecular flexibility index (Phi) is 4.59. The van der Waals surface area contributed by atoms with E-state index in [2.05, 4.69) is 10.2 Å². The molecular weight excluding hydrogens is 276 g/mol. The number of nitrogens with one attached hydrogen (secondary N) is 1. The summed E-state index contributed by atoms with van der Waals surface area (Å²) in [5.74, 6) is 0.891. The van der Waals surface area contributed by atoms with E-state index in [4.69, 9.17) is 4.42 Å². The van der Waals surface area contributed by atoms with Gasteiger partial charge in [0.2, 0.25) is 0 Å². The second-order valence-corrected chi connectivity index (χ2v) is 5.85. The molecule has 1 atom stereocenters. The monoisotopic (exact) mass is 298 g/mol. The first kappa shape index (κ1) is 14.9. The summed E-state index contributed by atoms with van der Waals surface area (Å²) >= 11 is 0. The molecule has 0 aliphatic carbocycles. The van der Waals surface area contributed by atoms with Gasteiger partial charge in [-0.3, -0.25) is 9.69 Å². The molecule has 2 heterocycles. The second-order valence-electron chi connectivity index (χ2n) is 5.85. The van der Waals surface area contributed by atoms with Gasteiger partial charge >= 0.3 is 0 Å². The Labute approximate surface area is 131 Å². The van der Waals surface area contributed by atoms with Gasteiger partial charge in [-0.1, -0.05) is 17.7 Å². The molecule has 1 N–H and O–H groups in total. The quantitative estimate of drug-likeness (QED) is 0.922. The molecule has 0 saturated carbocycles. The molecule has 2 aromatic rings. The lowest BCUT2D eigenvalue weighted by Crippen LogP contribution is -2.36. The predicted molar refractivity (Wildman–Crippen MR) is 85.8 cm³/mol. The summed E-state index contributed by atoms with van der Waals surface area (Å²) in [5.41, 5.74) is 1.85. The Hall–Kier alpha value is -2.07. The van der Waals surface area contributed by atoms with Crippen molar-refractivity contribution in [3.05, 3.63) is 59.5 Å². The summed E-state index contributed by atoms with van der Waals surface area (Å²) in [6.45, 7) is 4.71. The molecule has 0 spiro atoms. The van der Waals surface area contributed by atoms with Gasteiger partial charge in [-0.15, -0.1) is 0 Å². The van der Waals surface area contributed by atoms with Crippen LogP contribution in [0.4, 0.5) is 0 Å². The van der Waals surface area contributed by atoms with E-state index in [1.165, 1.54) is 12.8 Å². The number of aryl methyl sites for hydroxylation is 1. The number of furan rings is 1. The summed E-state index contributed by atoms with van der Waals surface area (Å²) in [6, 6.07) is 11.7. The van der Waals surface area contributed by atoms with E-state index in [0.29, 0.717) is 12.1 Å². The molecule has 1 amide bonds. The standard InChI is InChI=1S/C18H22N2O2/c1-14-6-8-15(9-7-14)18(21)19-13-16(17-5-4-12-22-17)20-10-2-3-11-20/h4-9,12,16H,2-3,10-11,13H2,1H3,(H,19,21). The van der Waals surface area contributed by atoms with Gasteiger partial charge < -0.3 is 9.73 Å². The highest BCUT2D eigenvalue weighted by Crippen LogP contribution is 2.24. The highest BCUT2D eigenvalue weighted by Gasteiger charge is 2.25. The number of hydrogen-bond donors (Lipinski definition) is 1. The van der Waals surface area contributed by atoms with Gasteiger partial charge in [-0.2, -0.15) is 0 Å². The fourth-order valence-electron chi connectivity index (χ4n) is 2.94. The molecule has 4 nitrogen and oxygen atoms in total. The minimum absolute atomic E-state index is 0.0317. The third-order valence-electron chi connectivity index (χ3n) is 4.22. The third-order valence-corrected chi connectivity index (χ3v) is 4.22. The van der Waals surface area contributed by atoms with E-state index in [0.717, 1.165) is 24.4 Å². The zero-order valence-corrected chi connectivity index (χ0v) is 12.9. The van der Waals surface area contributed by atoms with E-state index in [9.17, 15) is 4.79 Å². The van der Waals surface area contributed by atoms with Crippen LogP contribution in [0, 0.1) is 6.92 Å². The fraction of sp³-hybridized carbons (Fsp3) is 0.389. The first-order chi connectivity index (χ1) is 10.7. The Morgan fingerprint density at radius 1 is 1.23 bits per heavy atom. The lowest BCUT2D eigenvalue weighted by Gasteiger charge is -2.26. The van der Waals surface area contributed by atoms with E-state index in [-0.39, 0.29) is 11.9 Å². The highest BCUT2D eigenvalue weighted by molar-refractivity contribution is 5.94. The van der Waals surface area contributed by atoms with Gasteiger partial charge in [0.15, 0.2) is 0 Å². The minimum atomic E-state index is -0.0317. The minimum Gasteiger partial charge on any atom is -0.468 e. The van der Waals surface area contributed by atoms with Crippen LogP contribution in [-0.4, -0.2) is 30.4 Å². The molecule has 1 unspecified atom stereocenters. The Balaban J connectivity index is 1.66. The summed E-state index contributed by atoms with van der Waals surface area (Å²) in [4.78, 5) is 14.7. The molecule has 0 bridgehead atoms. The van der Waals surface area contributed by atoms with Crippen molar-refractivity contribution in [1.82, 2.24) is 10.2 Å². The first-order valence-corrected chi connectivity index (χ1v) is 7.86. The average Bonchev–Trinajstić information content (AvgIpc) is 3.22. The molecule has 1 aromatic heterocycles. The Morgan fingerprint density at radius 3 is 2.59 bits per heavy atom. The Bertz CT molecular complexity index is 599. The van der Waals surface area contributed by atoms with Crippen molar-refractivity contribution < 1.29 is 9.21 Å². The van der Waals surface area contributed by atoms with Crippen molar-refractivity contribution in [2.45, 2.75) is 25.8 Å². The molecule has 1 aliphatic heterocycles. The van der Waals surface area contributed by atoms with Gasteiger partial charge in [0, 0.05) is 12.1 Å². The number of amides is 1. The zero-order chi connectivity index (χ0) is 15.4. The summed E-state index contributed by atoms with van der Waals surface area (Å²) in [6.07, 6.45) is 4.12. The van der Waals surface area contributed by atoms with Crippen molar-refractivity contribution >= 4 is 5.91 Å². The summed E-state index contributed by atoms with van der Waals surface area (Å²) in [5, 5.41) is 3.04. The molecule has 1 aromatic carbocycles. The first-order valence-electron chi connectivity index (χ1n) is 7.86. The number of hydrogen-bond acceptors (Lipinski definition) is 3. The van der Waals surface area contributed by atoms with E-state index in [1.54, 1.807) is 6.26 Å². The van der Waals surface area contributed by atoms with Crippen LogP contribution in [0.2, 0.25) is 0 Å². The van der Waals surface area contributed by atoms with Crippen LogP contribution in [0.15, 0.2) is 47.1 Å². The average molecular weight is 298 g/mol. The number of benzene rings is 1. The van der Waals surface area contributed by atoms with Crippen molar-refractivity contribution in [1.29, 1.82) is 0 Å². The second kappa shape index (κ2) is 6.79. The van der Waals surface area contributed by atoms with E-state index in [1.807, 2.05) is 43.3 Å². The number of rotatable bonds is 5. The topological polar surface area (TPSA) is 45.5 Å². The highest BCUT2D eigenvalue weighted by atomic mass is 16.3. The van der Waals surface area contributed by atoms with Crippen LogP contribution in [0.1, 0.15) is 40.6 Å². The summed E-state index contributed by atoms with van der Waals surface area (Å²) < 4.78 is 5.57. The maximum absolute atomic E-state index is 12.3. The van der Waals surface area contributed by atoms with Crippen LogP contribution >= 0.6 is 0 Å². The van der Waals surface area contributed by atoms with Gasteiger partial charge in [0.25, 0.3) is 5.91 Å². The zero-order valence-electron chi connectivity index (χ0n) is 12.9. The maximum Gasteiger partial charge on any atom is 0.251 e. The maximum atomic E-state index is 12.3. The molecule has 4 heteroatoms. The molecule has 0 radical (unpaired) electrons. The molecule has 3 rings (SSSR count). The third kappa shape index (κ3) is 3.39. The molecule has 116 valence electrons. The SMILES string of the molecule is Cc1ccc(C(=O)NCC(c2ccco2)N2CCCC2)cc1. The van der Waals surface area contributed by atoms with Gasteiger partial charge in [-0.05, 0) is 57.1 Å². The predicted octanol–water partition coefficient (Wildman–Crippen LogP) is 3.15. The van der Waals surface area contributed by atoms with Crippen LogP contribution in [0.25, 0.3) is 0 Å². The fourth-order valence-corrected chi connectivity index (χ4v) is 2.94. The van der Waals surface area contributed by atoms with Crippen LogP contribution in [0.5, 0.6) is 0 Å². The van der Waals surface area contributed by atoms with Crippen molar-refractivity contribution in [3.63, 3.8) is 0 Å². The van der Waals surface area contributed by atoms with E-state index < -0.39 is 0 Å². The molecule has 1 saturated heterocycles. The normalized spacial score (nSPS) is 16.6. The van der Waals surface area contributed by atoms with Gasteiger partial charge in [0.05, 0.1) is 12.3 Å². The van der Waals surface area contributed by atoms with Crippen LogP contribution in [0.3, 0.4) is 0 Å². The van der Waals surface area contributed by atoms with Gasteiger partial charge in [0.1, 0.15) is 5.76 Å². The number of carbonyl (C=O) groups is 1. The number of likely N-dealkylation sites (tertiary alicyclic amines) is 1. The van der Waals surface area contributed by atoms with Crippen LogP contribution in [-0.2, 0) is 0 Å².